The summed E-state index contributed by atoms with van der Waals surface area (Å²) in [5.74, 6) is 0.858. The second-order valence-electron chi connectivity index (χ2n) is 7.91. The Bertz CT molecular complexity index is 707. The first-order valence-electron chi connectivity index (χ1n) is 9.57. The van der Waals surface area contributed by atoms with E-state index in [1.165, 1.54) is 24.1 Å². The van der Waals surface area contributed by atoms with Gasteiger partial charge in [-0.25, -0.2) is 4.39 Å². The number of rotatable bonds is 5. The maximum Gasteiger partial charge on any atom is 0.125 e. The lowest BCUT2D eigenvalue weighted by molar-refractivity contribution is -0.124. The molecule has 0 saturated heterocycles. The first-order chi connectivity index (χ1) is 12.6. The van der Waals surface area contributed by atoms with Gasteiger partial charge in [-0.2, -0.15) is 0 Å². The fourth-order valence-electron chi connectivity index (χ4n) is 4.71. The van der Waals surface area contributed by atoms with Crippen LogP contribution in [0.15, 0.2) is 48.5 Å². The molecule has 2 saturated carbocycles. The predicted octanol–water partition coefficient (Wildman–Crippen LogP) is 5.24. The van der Waals surface area contributed by atoms with Gasteiger partial charge >= 0.3 is 0 Å². The number of fused-ring (bicyclic) bond motifs is 2. The lowest BCUT2D eigenvalue weighted by Crippen LogP contribution is -2.36. The van der Waals surface area contributed by atoms with Crippen LogP contribution in [0.25, 0.3) is 0 Å². The average molecular weight is 352 g/mol. The molecule has 0 aromatic heterocycles. The van der Waals surface area contributed by atoms with E-state index in [1.54, 1.807) is 12.1 Å². The van der Waals surface area contributed by atoms with E-state index < -0.39 is 0 Å². The maximum atomic E-state index is 13.4. The normalized spacial score (nSPS) is 28.7. The van der Waals surface area contributed by atoms with Gasteiger partial charge in [0.25, 0.3) is 0 Å². The Morgan fingerprint density at radius 1 is 1.00 bits per heavy atom. The molecule has 2 aliphatic rings. The fraction of sp³-hybridized carbons (Fsp3) is 0.435. The predicted molar refractivity (Wildman–Crippen MR) is 99.3 cm³/mol. The molecule has 0 spiro atoms. The lowest BCUT2D eigenvalue weighted by atomic mass is 9.78. The Hall–Kier alpha value is -2.00. The van der Waals surface area contributed by atoms with Crippen LogP contribution in [0, 0.1) is 30.5 Å². The molecule has 2 nitrogen and oxygen atoms in total. The highest BCUT2D eigenvalue weighted by Gasteiger charge is 2.43. The number of aldehydes is 1. The number of halogens is 1. The molecule has 0 radical (unpaired) electrons. The Labute approximate surface area is 154 Å². The molecule has 26 heavy (non-hydrogen) atoms. The van der Waals surface area contributed by atoms with E-state index in [1.807, 2.05) is 0 Å². The summed E-state index contributed by atoms with van der Waals surface area (Å²) >= 11 is 0. The van der Waals surface area contributed by atoms with Gasteiger partial charge in [-0.1, -0.05) is 48.4 Å². The van der Waals surface area contributed by atoms with E-state index in [2.05, 4.69) is 31.2 Å². The van der Waals surface area contributed by atoms with Crippen molar-refractivity contribution < 1.29 is 13.9 Å². The summed E-state index contributed by atoms with van der Waals surface area (Å²) in [7, 11) is 0. The van der Waals surface area contributed by atoms with Crippen LogP contribution in [0.2, 0.25) is 0 Å². The Morgan fingerprint density at radius 3 is 2.31 bits per heavy atom. The SMILES string of the molecule is Cc1ccc(C(O[C@H]2CC3CCC(C3)[C@H]2C=O)c2ccc(F)cc2)cc1. The monoisotopic (exact) mass is 352 g/mol. The number of hydrogen-bond donors (Lipinski definition) is 0. The van der Waals surface area contributed by atoms with E-state index in [0.717, 1.165) is 36.7 Å². The zero-order chi connectivity index (χ0) is 18.1. The Balaban J connectivity index is 1.65. The van der Waals surface area contributed by atoms with Crippen molar-refractivity contribution in [1.82, 2.24) is 0 Å². The van der Waals surface area contributed by atoms with Gasteiger partial charge in [0, 0.05) is 5.92 Å². The molecule has 2 aromatic carbocycles. The third-order valence-electron chi connectivity index (χ3n) is 6.14. The van der Waals surface area contributed by atoms with Gasteiger partial charge in [-0.15, -0.1) is 0 Å². The van der Waals surface area contributed by atoms with Crippen LogP contribution in [0.4, 0.5) is 4.39 Å². The second-order valence-corrected chi connectivity index (χ2v) is 7.91. The molecule has 3 heteroatoms. The smallest absolute Gasteiger partial charge is 0.125 e. The number of hydrogen-bond acceptors (Lipinski definition) is 2. The molecule has 4 rings (SSSR count). The minimum absolute atomic E-state index is 0.0258. The maximum absolute atomic E-state index is 13.4. The first kappa shape index (κ1) is 17.4. The number of ether oxygens (including phenoxy) is 1. The van der Waals surface area contributed by atoms with Gasteiger partial charge in [-0.05, 0) is 61.3 Å². The third kappa shape index (κ3) is 3.45. The van der Waals surface area contributed by atoms with Gasteiger partial charge in [0.15, 0.2) is 0 Å². The molecule has 2 fully saturated rings. The standard InChI is InChI=1S/C23H25FO2/c1-15-2-5-17(6-3-15)23(18-8-10-20(24)11-9-18)26-22-13-16-4-7-19(12-16)21(22)14-25/h2-3,5-6,8-11,14,16,19,21-23H,4,7,12-13H2,1H3/t16?,19?,21-,22+,23?/m1/s1. The van der Waals surface area contributed by atoms with Crippen molar-refractivity contribution >= 4 is 6.29 Å². The third-order valence-corrected chi connectivity index (χ3v) is 6.14. The van der Waals surface area contributed by atoms with Crippen molar-refractivity contribution in [2.75, 3.05) is 0 Å². The van der Waals surface area contributed by atoms with Crippen LogP contribution in [0.1, 0.15) is 48.5 Å². The summed E-state index contributed by atoms with van der Waals surface area (Å²) < 4.78 is 20.0. The molecule has 0 aliphatic heterocycles. The Kier molecular flexibility index (Phi) is 4.90. The van der Waals surface area contributed by atoms with E-state index in [4.69, 9.17) is 4.74 Å². The molecule has 136 valence electrons. The van der Waals surface area contributed by atoms with E-state index >= 15 is 0 Å². The van der Waals surface area contributed by atoms with Crippen molar-refractivity contribution in [3.63, 3.8) is 0 Å². The molecule has 5 atom stereocenters. The highest BCUT2D eigenvalue weighted by atomic mass is 19.1. The summed E-state index contributed by atoms with van der Waals surface area (Å²) in [5, 5.41) is 0. The average Bonchev–Trinajstić information content (AvgIpc) is 3.03. The molecule has 0 amide bonds. The number of carbonyl (C=O) groups is 1. The fourth-order valence-corrected chi connectivity index (χ4v) is 4.71. The van der Waals surface area contributed by atoms with Gasteiger partial charge in [-0.3, -0.25) is 0 Å². The highest BCUT2D eigenvalue weighted by Crippen LogP contribution is 2.47. The number of aryl methyl sites for hydroxylation is 1. The van der Waals surface area contributed by atoms with E-state index in [9.17, 15) is 9.18 Å². The molecule has 0 heterocycles. The highest BCUT2D eigenvalue weighted by molar-refractivity contribution is 5.55. The minimum atomic E-state index is -0.277. The summed E-state index contributed by atoms with van der Waals surface area (Å²) in [5.41, 5.74) is 3.16. The summed E-state index contributed by atoms with van der Waals surface area (Å²) in [4.78, 5) is 11.8. The van der Waals surface area contributed by atoms with Crippen LogP contribution >= 0.6 is 0 Å². The zero-order valence-corrected chi connectivity index (χ0v) is 15.1. The van der Waals surface area contributed by atoms with Crippen LogP contribution in [-0.4, -0.2) is 12.4 Å². The summed E-state index contributed by atoms with van der Waals surface area (Å²) in [6.07, 6.45) is 5.23. The largest absolute Gasteiger partial charge is 0.365 e. The van der Waals surface area contributed by atoms with Crippen LogP contribution in [-0.2, 0) is 9.53 Å². The molecule has 0 N–H and O–H groups in total. The van der Waals surface area contributed by atoms with Crippen molar-refractivity contribution in [1.29, 1.82) is 0 Å². The van der Waals surface area contributed by atoms with Crippen LogP contribution in [0.5, 0.6) is 0 Å². The summed E-state index contributed by atoms with van der Waals surface area (Å²) in [6.45, 7) is 2.05. The van der Waals surface area contributed by atoms with Gasteiger partial charge in [0.1, 0.15) is 18.2 Å². The zero-order valence-electron chi connectivity index (χ0n) is 15.1. The topological polar surface area (TPSA) is 26.3 Å². The molecular weight excluding hydrogens is 327 g/mol. The molecule has 2 bridgehead atoms. The molecule has 2 aromatic rings. The van der Waals surface area contributed by atoms with Crippen molar-refractivity contribution in [2.45, 2.75) is 44.8 Å². The van der Waals surface area contributed by atoms with Gasteiger partial charge in [0.05, 0.1) is 6.10 Å². The first-order valence-corrected chi connectivity index (χ1v) is 9.57. The lowest BCUT2D eigenvalue weighted by Gasteiger charge is -2.36. The summed E-state index contributed by atoms with van der Waals surface area (Å²) in [6, 6.07) is 14.8. The van der Waals surface area contributed by atoms with Crippen molar-refractivity contribution in [3.8, 4) is 0 Å². The molecule has 2 aliphatic carbocycles. The van der Waals surface area contributed by atoms with Crippen molar-refractivity contribution in [3.05, 3.63) is 71.0 Å². The number of benzene rings is 2. The minimum Gasteiger partial charge on any atom is -0.365 e. The second kappa shape index (κ2) is 7.32. The van der Waals surface area contributed by atoms with Crippen molar-refractivity contribution in [2.24, 2.45) is 17.8 Å². The number of carbonyl (C=O) groups excluding carboxylic acids is 1. The van der Waals surface area contributed by atoms with E-state index in [0.29, 0.717) is 11.8 Å². The van der Waals surface area contributed by atoms with Gasteiger partial charge < -0.3 is 9.53 Å². The van der Waals surface area contributed by atoms with Gasteiger partial charge in [0.2, 0.25) is 0 Å². The van der Waals surface area contributed by atoms with Crippen LogP contribution in [0.3, 0.4) is 0 Å². The quantitative estimate of drug-likeness (QED) is 0.688. The molecular formula is C23H25FO2. The molecule has 3 unspecified atom stereocenters. The Morgan fingerprint density at radius 2 is 1.65 bits per heavy atom. The van der Waals surface area contributed by atoms with Crippen LogP contribution < -0.4 is 0 Å². The van der Waals surface area contributed by atoms with E-state index in [-0.39, 0.29) is 23.9 Å².